The maximum Gasteiger partial charge on any atom is 0.0572 e. The van der Waals surface area contributed by atoms with E-state index < -0.39 is 0 Å². The quantitative estimate of drug-likeness (QED) is 0.580. The van der Waals surface area contributed by atoms with Crippen LogP contribution >= 0.6 is 11.6 Å². The smallest absolute Gasteiger partial charge is 0.0572 e. The predicted molar refractivity (Wildman–Crippen MR) is 50.3 cm³/mol. The first kappa shape index (κ1) is 8.83. The van der Waals surface area contributed by atoms with Gasteiger partial charge in [0.15, 0.2) is 0 Å². The molecular formula is C10H17ClO. The molecule has 0 spiro atoms. The van der Waals surface area contributed by atoms with Crippen molar-refractivity contribution in [2.45, 2.75) is 50.0 Å². The van der Waals surface area contributed by atoms with E-state index in [4.69, 9.17) is 11.6 Å². The number of aliphatic hydroxyl groups is 1. The monoisotopic (exact) mass is 188 g/mol. The molecule has 12 heavy (non-hydrogen) atoms. The highest BCUT2D eigenvalue weighted by Gasteiger charge is 2.38. The van der Waals surface area contributed by atoms with Gasteiger partial charge in [0.05, 0.1) is 6.10 Å². The number of rotatable bonds is 0. The molecule has 1 N–H and O–H groups in total. The van der Waals surface area contributed by atoms with Crippen LogP contribution < -0.4 is 0 Å². The fourth-order valence-electron chi connectivity index (χ4n) is 2.87. The van der Waals surface area contributed by atoms with Crippen LogP contribution in [-0.2, 0) is 0 Å². The lowest BCUT2D eigenvalue weighted by molar-refractivity contribution is 0.0127. The van der Waals surface area contributed by atoms with Crippen molar-refractivity contribution in [2.75, 3.05) is 0 Å². The van der Waals surface area contributed by atoms with Crippen molar-refractivity contribution in [3.05, 3.63) is 0 Å². The Labute approximate surface area is 79.1 Å². The molecule has 2 aliphatic rings. The van der Waals surface area contributed by atoms with Crippen LogP contribution in [0, 0.1) is 11.8 Å². The molecule has 4 unspecified atom stereocenters. The Balaban J connectivity index is 2.05. The molecule has 0 aromatic carbocycles. The predicted octanol–water partition coefficient (Wildman–Crippen LogP) is 2.55. The lowest BCUT2D eigenvalue weighted by atomic mass is 9.69. The first-order valence-electron chi connectivity index (χ1n) is 5.11. The minimum atomic E-state index is -0.0506. The van der Waals surface area contributed by atoms with Crippen LogP contribution in [0.15, 0.2) is 0 Å². The van der Waals surface area contributed by atoms with E-state index in [9.17, 15) is 5.11 Å². The summed E-state index contributed by atoms with van der Waals surface area (Å²) in [5.41, 5.74) is 0. The van der Waals surface area contributed by atoms with Crippen LogP contribution in [0.4, 0.5) is 0 Å². The number of aliphatic hydroxyl groups excluding tert-OH is 1. The Morgan fingerprint density at radius 1 is 0.917 bits per heavy atom. The molecule has 0 saturated heterocycles. The maximum absolute atomic E-state index is 9.76. The molecule has 0 aromatic heterocycles. The molecule has 2 heteroatoms. The zero-order valence-electron chi connectivity index (χ0n) is 7.38. The van der Waals surface area contributed by atoms with Crippen molar-refractivity contribution in [3.8, 4) is 0 Å². The van der Waals surface area contributed by atoms with E-state index in [1.165, 1.54) is 25.7 Å². The summed E-state index contributed by atoms with van der Waals surface area (Å²) in [6.45, 7) is 0. The average molecular weight is 189 g/mol. The molecule has 0 radical (unpaired) electrons. The Bertz CT molecular complexity index is 142. The van der Waals surface area contributed by atoms with Gasteiger partial charge >= 0.3 is 0 Å². The third-order valence-electron chi connectivity index (χ3n) is 3.57. The molecular weight excluding hydrogens is 172 g/mol. The molecule has 1 nitrogen and oxygen atoms in total. The van der Waals surface area contributed by atoms with Gasteiger partial charge in [0.25, 0.3) is 0 Å². The highest BCUT2D eigenvalue weighted by atomic mass is 35.5. The van der Waals surface area contributed by atoms with Crippen molar-refractivity contribution in [3.63, 3.8) is 0 Å². The van der Waals surface area contributed by atoms with Gasteiger partial charge in [-0.25, -0.2) is 0 Å². The minimum Gasteiger partial charge on any atom is -0.393 e. The summed E-state index contributed by atoms with van der Waals surface area (Å²) >= 11 is 6.24. The fraction of sp³-hybridized carbons (Fsp3) is 1.00. The third kappa shape index (κ3) is 1.49. The van der Waals surface area contributed by atoms with Gasteiger partial charge in [-0.1, -0.05) is 12.8 Å². The standard InChI is InChI=1S/C10H17ClO/c11-9-5-6-10(12)8-4-2-1-3-7(8)9/h7-10,12H,1-6H2. The van der Waals surface area contributed by atoms with E-state index in [1.54, 1.807) is 0 Å². The minimum absolute atomic E-state index is 0.0506. The highest BCUT2D eigenvalue weighted by Crippen LogP contribution is 2.42. The van der Waals surface area contributed by atoms with Gasteiger partial charge in [0.1, 0.15) is 0 Å². The zero-order chi connectivity index (χ0) is 8.55. The van der Waals surface area contributed by atoms with Gasteiger partial charge in [0, 0.05) is 5.38 Å². The molecule has 4 atom stereocenters. The number of halogens is 1. The Morgan fingerprint density at radius 3 is 2.25 bits per heavy atom. The molecule has 70 valence electrons. The second kappa shape index (κ2) is 3.55. The molecule has 2 fully saturated rings. The maximum atomic E-state index is 9.76. The summed E-state index contributed by atoms with van der Waals surface area (Å²) < 4.78 is 0. The van der Waals surface area contributed by atoms with Crippen molar-refractivity contribution in [1.82, 2.24) is 0 Å². The van der Waals surface area contributed by atoms with E-state index in [0.29, 0.717) is 17.2 Å². The van der Waals surface area contributed by atoms with Crippen LogP contribution in [0.2, 0.25) is 0 Å². The molecule has 0 aliphatic heterocycles. The molecule has 2 saturated carbocycles. The van der Waals surface area contributed by atoms with Crippen molar-refractivity contribution in [1.29, 1.82) is 0 Å². The summed E-state index contributed by atoms with van der Waals surface area (Å²) in [5, 5.41) is 10.1. The molecule has 0 heterocycles. The van der Waals surface area contributed by atoms with Crippen molar-refractivity contribution < 1.29 is 5.11 Å². The van der Waals surface area contributed by atoms with Crippen molar-refractivity contribution in [2.24, 2.45) is 11.8 Å². The molecule has 0 aromatic rings. The summed E-state index contributed by atoms with van der Waals surface area (Å²) in [6, 6.07) is 0. The van der Waals surface area contributed by atoms with Crippen LogP contribution in [0.5, 0.6) is 0 Å². The summed E-state index contributed by atoms with van der Waals surface area (Å²) in [4.78, 5) is 0. The number of hydrogen-bond donors (Lipinski definition) is 1. The summed E-state index contributed by atoms with van der Waals surface area (Å²) in [7, 11) is 0. The molecule has 0 bridgehead atoms. The highest BCUT2D eigenvalue weighted by molar-refractivity contribution is 6.20. The Morgan fingerprint density at radius 2 is 1.58 bits per heavy atom. The zero-order valence-corrected chi connectivity index (χ0v) is 8.13. The van der Waals surface area contributed by atoms with Crippen molar-refractivity contribution >= 4 is 11.6 Å². The van der Waals surface area contributed by atoms with Crippen LogP contribution in [0.25, 0.3) is 0 Å². The van der Waals surface area contributed by atoms with Crippen LogP contribution in [0.1, 0.15) is 38.5 Å². The van der Waals surface area contributed by atoms with Gasteiger partial charge < -0.3 is 5.11 Å². The van der Waals surface area contributed by atoms with Gasteiger partial charge in [-0.2, -0.15) is 0 Å². The second-order valence-electron chi connectivity index (χ2n) is 4.27. The lowest BCUT2D eigenvalue weighted by Gasteiger charge is -2.41. The Kier molecular flexibility index (Phi) is 2.61. The average Bonchev–Trinajstić information content (AvgIpc) is 2.12. The van der Waals surface area contributed by atoms with Crippen LogP contribution in [-0.4, -0.2) is 16.6 Å². The van der Waals surface area contributed by atoms with E-state index in [-0.39, 0.29) is 6.10 Å². The van der Waals surface area contributed by atoms with E-state index in [2.05, 4.69) is 0 Å². The Hall–Kier alpha value is 0.250. The first-order valence-corrected chi connectivity index (χ1v) is 5.55. The third-order valence-corrected chi connectivity index (χ3v) is 4.11. The largest absolute Gasteiger partial charge is 0.393 e. The molecule has 2 aliphatic carbocycles. The molecule has 2 rings (SSSR count). The van der Waals surface area contributed by atoms with E-state index in [0.717, 1.165) is 12.8 Å². The van der Waals surface area contributed by atoms with E-state index >= 15 is 0 Å². The topological polar surface area (TPSA) is 20.2 Å². The van der Waals surface area contributed by atoms with E-state index in [1.807, 2.05) is 0 Å². The molecule has 0 amide bonds. The number of fused-ring (bicyclic) bond motifs is 1. The van der Waals surface area contributed by atoms with Gasteiger partial charge in [-0.15, -0.1) is 11.6 Å². The summed E-state index contributed by atoms with van der Waals surface area (Å²) in [6.07, 6.45) is 6.95. The van der Waals surface area contributed by atoms with Gasteiger partial charge in [0.2, 0.25) is 0 Å². The lowest BCUT2D eigenvalue weighted by Crippen LogP contribution is -2.40. The fourth-order valence-corrected chi connectivity index (χ4v) is 3.31. The van der Waals surface area contributed by atoms with Gasteiger partial charge in [-0.3, -0.25) is 0 Å². The first-order chi connectivity index (χ1) is 5.79. The summed E-state index contributed by atoms with van der Waals surface area (Å²) in [5.74, 6) is 1.14. The normalized spacial score (nSPS) is 48.5. The SMILES string of the molecule is OC1CCC(Cl)C2CCCCC12. The second-order valence-corrected chi connectivity index (χ2v) is 4.83. The van der Waals surface area contributed by atoms with Gasteiger partial charge in [-0.05, 0) is 37.5 Å². The number of hydrogen-bond acceptors (Lipinski definition) is 1. The van der Waals surface area contributed by atoms with Crippen LogP contribution in [0.3, 0.4) is 0 Å². The number of alkyl halides is 1.